The highest BCUT2D eigenvalue weighted by Gasteiger charge is 2.53. The van der Waals surface area contributed by atoms with E-state index in [1.807, 2.05) is 92.7 Å². The number of hydrogen-bond acceptors (Lipinski definition) is 3. The highest BCUT2D eigenvalue weighted by atomic mass is 16.6. The molecule has 0 saturated carbocycles. The van der Waals surface area contributed by atoms with Crippen molar-refractivity contribution in [3.63, 3.8) is 0 Å². The summed E-state index contributed by atoms with van der Waals surface area (Å²) >= 11 is 0. The van der Waals surface area contributed by atoms with Gasteiger partial charge in [0.1, 0.15) is 5.60 Å². The summed E-state index contributed by atoms with van der Waals surface area (Å²) < 4.78 is 5.76. The number of cyclic esters (lactones) is 1. The molecule has 2 atom stereocenters. The van der Waals surface area contributed by atoms with Gasteiger partial charge < -0.3 is 4.74 Å². The molecule has 1 aliphatic rings. The molecule has 4 heteroatoms. The fourth-order valence-corrected chi connectivity index (χ4v) is 5.17. The number of amides is 2. The van der Waals surface area contributed by atoms with Crippen molar-refractivity contribution in [3.8, 4) is 0 Å². The minimum atomic E-state index is -0.780. The number of aryl methyl sites for hydroxylation is 1. The van der Waals surface area contributed by atoms with Crippen LogP contribution >= 0.6 is 0 Å². The van der Waals surface area contributed by atoms with E-state index in [1.165, 1.54) is 10.5 Å². The zero-order valence-corrected chi connectivity index (χ0v) is 21.1. The van der Waals surface area contributed by atoms with Gasteiger partial charge in [-0.05, 0) is 55.2 Å². The lowest BCUT2D eigenvalue weighted by Gasteiger charge is -2.37. The van der Waals surface area contributed by atoms with Crippen molar-refractivity contribution >= 4 is 12.0 Å². The van der Waals surface area contributed by atoms with Crippen LogP contribution in [0.3, 0.4) is 0 Å². The van der Waals surface area contributed by atoms with E-state index in [9.17, 15) is 9.59 Å². The molecule has 4 rings (SSSR count). The summed E-state index contributed by atoms with van der Waals surface area (Å²) in [4.78, 5) is 28.9. The van der Waals surface area contributed by atoms with Crippen molar-refractivity contribution in [2.75, 3.05) is 0 Å². The van der Waals surface area contributed by atoms with E-state index >= 15 is 0 Å². The maximum Gasteiger partial charge on any atom is 0.417 e. The molecule has 3 aromatic carbocycles. The van der Waals surface area contributed by atoms with Gasteiger partial charge in [0, 0.05) is 0 Å². The van der Waals surface area contributed by atoms with Crippen LogP contribution in [-0.4, -0.2) is 28.5 Å². The number of imide groups is 1. The van der Waals surface area contributed by atoms with Gasteiger partial charge in [-0.25, -0.2) is 9.69 Å². The summed E-state index contributed by atoms with van der Waals surface area (Å²) in [6, 6.07) is 29.8. The van der Waals surface area contributed by atoms with Crippen LogP contribution in [0, 0.1) is 5.41 Å². The molecule has 0 aliphatic carbocycles. The lowest BCUT2D eigenvalue weighted by molar-refractivity contribution is -0.134. The van der Waals surface area contributed by atoms with E-state index in [0.717, 1.165) is 24.0 Å². The predicted molar refractivity (Wildman–Crippen MR) is 139 cm³/mol. The van der Waals surface area contributed by atoms with Crippen molar-refractivity contribution in [1.29, 1.82) is 0 Å². The van der Waals surface area contributed by atoms with E-state index in [2.05, 4.69) is 26.0 Å². The molecule has 1 saturated heterocycles. The first-order valence-electron chi connectivity index (χ1n) is 12.4. The summed E-state index contributed by atoms with van der Waals surface area (Å²) in [5.74, 6) is -0.669. The fraction of sp³-hybridized carbons (Fsp3) is 0.355. The van der Waals surface area contributed by atoms with E-state index in [4.69, 9.17) is 4.74 Å². The smallest absolute Gasteiger partial charge is 0.417 e. The van der Waals surface area contributed by atoms with Crippen molar-refractivity contribution in [2.24, 2.45) is 5.41 Å². The van der Waals surface area contributed by atoms with Gasteiger partial charge in [-0.15, -0.1) is 0 Å². The van der Waals surface area contributed by atoms with Gasteiger partial charge in [0.2, 0.25) is 5.91 Å². The fourth-order valence-electron chi connectivity index (χ4n) is 5.17. The molecule has 35 heavy (non-hydrogen) atoms. The summed E-state index contributed by atoms with van der Waals surface area (Å²) in [5, 5.41) is 0. The first-order valence-corrected chi connectivity index (χ1v) is 12.4. The van der Waals surface area contributed by atoms with Crippen molar-refractivity contribution in [2.45, 2.75) is 64.5 Å². The summed E-state index contributed by atoms with van der Waals surface area (Å²) in [6.07, 6.45) is 1.66. The molecule has 4 nitrogen and oxygen atoms in total. The topological polar surface area (TPSA) is 46.6 Å². The Morgan fingerprint density at radius 3 is 1.97 bits per heavy atom. The molecule has 0 radical (unpaired) electrons. The zero-order chi connectivity index (χ0) is 25.1. The van der Waals surface area contributed by atoms with E-state index in [0.29, 0.717) is 6.42 Å². The Kier molecular flexibility index (Phi) is 7.11. The SMILES string of the molecule is CC(C)(CCc1ccccc1)[C@H](C(=O)N1C(=O)OC(C)(C)[C@@H]1Cc1ccccc1)c1ccccc1. The van der Waals surface area contributed by atoms with Gasteiger partial charge in [0.25, 0.3) is 0 Å². The molecule has 0 unspecified atom stereocenters. The number of carbonyl (C=O) groups is 2. The number of rotatable bonds is 8. The lowest BCUT2D eigenvalue weighted by Crippen LogP contribution is -2.49. The van der Waals surface area contributed by atoms with E-state index < -0.39 is 23.0 Å². The minimum absolute atomic E-state index is 0.189. The van der Waals surface area contributed by atoms with E-state index in [-0.39, 0.29) is 11.9 Å². The van der Waals surface area contributed by atoms with Gasteiger partial charge in [-0.3, -0.25) is 4.79 Å². The number of ether oxygens (including phenoxy) is 1. The molecule has 1 aliphatic heterocycles. The third kappa shape index (κ3) is 5.48. The van der Waals surface area contributed by atoms with Crippen LogP contribution in [0.5, 0.6) is 0 Å². The molecule has 2 amide bonds. The largest absolute Gasteiger partial charge is 0.441 e. The second-order valence-electron chi connectivity index (χ2n) is 10.7. The Morgan fingerprint density at radius 1 is 0.886 bits per heavy atom. The zero-order valence-electron chi connectivity index (χ0n) is 21.1. The average molecular weight is 470 g/mol. The quantitative estimate of drug-likeness (QED) is 0.365. The predicted octanol–water partition coefficient (Wildman–Crippen LogP) is 6.80. The van der Waals surface area contributed by atoms with Crippen LogP contribution < -0.4 is 0 Å². The van der Waals surface area contributed by atoms with Gasteiger partial charge in [0.05, 0.1) is 12.0 Å². The normalized spacial score (nSPS) is 18.2. The molecule has 0 N–H and O–H groups in total. The van der Waals surface area contributed by atoms with Crippen LogP contribution in [0.2, 0.25) is 0 Å². The third-order valence-corrected chi connectivity index (χ3v) is 7.23. The first kappa shape index (κ1) is 24.7. The number of hydrogen-bond donors (Lipinski definition) is 0. The summed E-state index contributed by atoms with van der Waals surface area (Å²) in [5.41, 5.74) is 2.06. The van der Waals surface area contributed by atoms with Crippen molar-refractivity contribution < 1.29 is 14.3 Å². The van der Waals surface area contributed by atoms with Crippen molar-refractivity contribution in [3.05, 3.63) is 108 Å². The van der Waals surface area contributed by atoms with Gasteiger partial charge in [-0.1, -0.05) is 105 Å². The summed E-state index contributed by atoms with van der Waals surface area (Å²) in [6.45, 7) is 8.04. The van der Waals surface area contributed by atoms with Gasteiger partial charge in [-0.2, -0.15) is 0 Å². The van der Waals surface area contributed by atoms with Crippen LogP contribution in [0.4, 0.5) is 4.79 Å². The first-order chi connectivity index (χ1) is 16.7. The highest BCUT2D eigenvalue weighted by molar-refractivity contribution is 5.98. The Bertz CT molecular complexity index is 1140. The molecule has 0 aromatic heterocycles. The Labute approximate surface area is 208 Å². The molecular weight excluding hydrogens is 434 g/mol. The molecule has 3 aromatic rings. The van der Waals surface area contributed by atoms with Crippen LogP contribution in [0.25, 0.3) is 0 Å². The average Bonchev–Trinajstić information content (AvgIpc) is 3.07. The van der Waals surface area contributed by atoms with Crippen LogP contribution in [0.1, 0.15) is 56.7 Å². The Hall–Kier alpha value is -3.40. The lowest BCUT2D eigenvalue weighted by atomic mass is 9.70. The Balaban J connectivity index is 1.68. The van der Waals surface area contributed by atoms with Crippen molar-refractivity contribution in [1.82, 2.24) is 4.90 Å². The monoisotopic (exact) mass is 469 g/mol. The molecule has 0 spiro atoms. The van der Waals surface area contributed by atoms with Crippen LogP contribution in [0.15, 0.2) is 91.0 Å². The molecule has 1 fully saturated rings. The standard InChI is InChI=1S/C31H35NO3/c1-30(2,21-20-23-14-8-5-9-15-23)27(25-18-12-7-13-19-25)28(33)32-26(31(3,4)35-29(32)34)22-24-16-10-6-11-17-24/h5-19,26-27H,20-22H2,1-4H3/t26-,27-/m0/s1. The summed E-state index contributed by atoms with van der Waals surface area (Å²) in [7, 11) is 0. The van der Waals surface area contributed by atoms with E-state index in [1.54, 1.807) is 0 Å². The maximum absolute atomic E-state index is 14.3. The molecule has 1 heterocycles. The van der Waals surface area contributed by atoms with Gasteiger partial charge >= 0.3 is 6.09 Å². The molecule has 0 bridgehead atoms. The molecular formula is C31H35NO3. The molecule has 182 valence electrons. The number of carbonyl (C=O) groups excluding carboxylic acids is 2. The number of benzene rings is 3. The number of nitrogens with zero attached hydrogens (tertiary/aromatic N) is 1. The Morgan fingerprint density at radius 2 is 1.40 bits per heavy atom. The maximum atomic E-state index is 14.3. The second kappa shape index (κ2) is 10.1. The third-order valence-electron chi connectivity index (χ3n) is 7.23. The van der Waals surface area contributed by atoms with Gasteiger partial charge in [0.15, 0.2) is 0 Å². The van der Waals surface area contributed by atoms with Crippen LogP contribution in [-0.2, 0) is 22.4 Å². The second-order valence-corrected chi connectivity index (χ2v) is 10.7. The minimum Gasteiger partial charge on any atom is -0.441 e. The highest BCUT2D eigenvalue weighted by Crippen LogP contribution is 2.43.